The van der Waals surface area contributed by atoms with Gasteiger partial charge in [0.15, 0.2) is 9.84 Å². The first-order chi connectivity index (χ1) is 18.4. The summed E-state index contributed by atoms with van der Waals surface area (Å²) in [5.74, 6) is -2.84. The largest absolute Gasteiger partial charge is 0.429 e. The number of carbonyl (C=O) groups excluding carboxylic acids is 1. The van der Waals surface area contributed by atoms with Crippen LogP contribution in [0.25, 0.3) is 5.57 Å². The topological polar surface area (TPSA) is 95.5 Å². The lowest BCUT2D eigenvalue weighted by molar-refractivity contribution is -0.385. The third kappa shape index (κ3) is 5.03. The number of nitrogens with one attached hydrogen (secondary N) is 2. The number of benzene rings is 2. The zero-order chi connectivity index (χ0) is 29.7. The van der Waals surface area contributed by atoms with Crippen molar-refractivity contribution >= 4 is 21.3 Å². The number of rotatable bonds is 5. The zero-order valence-corrected chi connectivity index (χ0v) is 21.5. The molecule has 4 rings (SSSR count). The summed E-state index contributed by atoms with van der Waals surface area (Å²) in [5.41, 5.74) is -9.04. The lowest BCUT2D eigenvalue weighted by atomic mass is 9.71. The quantitative estimate of drug-likeness (QED) is 0.450. The van der Waals surface area contributed by atoms with Crippen LogP contribution < -0.4 is 10.6 Å². The lowest BCUT2D eigenvalue weighted by Gasteiger charge is -2.48. The molecule has 216 valence electrons. The van der Waals surface area contributed by atoms with Crippen molar-refractivity contribution in [3.05, 3.63) is 83.2 Å². The molecule has 6 nitrogen and oxygen atoms in total. The highest BCUT2D eigenvalue weighted by Crippen LogP contribution is 2.54. The summed E-state index contributed by atoms with van der Waals surface area (Å²) >= 11 is 0. The minimum Gasteiger partial charge on any atom is -0.372 e. The Hall–Kier alpha value is -3.23. The minimum absolute atomic E-state index is 0.0242. The molecule has 1 heterocycles. The molecule has 0 saturated carbocycles. The highest BCUT2D eigenvalue weighted by atomic mass is 32.2. The van der Waals surface area contributed by atoms with Gasteiger partial charge < -0.3 is 15.7 Å². The number of carbonyl (C=O) groups is 1. The van der Waals surface area contributed by atoms with E-state index in [0.717, 1.165) is 12.3 Å². The van der Waals surface area contributed by atoms with Crippen molar-refractivity contribution in [2.75, 3.05) is 12.8 Å². The third-order valence-electron chi connectivity index (χ3n) is 7.02. The Kier molecular flexibility index (Phi) is 7.43. The van der Waals surface area contributed by atoms with Gasteiger partial charge in [-0.2, -0.15) is 26.3 Å². The number of aliphatic hydroxyl groups is 1. The molecule has 2 aliphatic rings. The van der Waals surface area contributed by atoms with Crippen LogP contribution in [-0.4, -0.2) is 55.7 Å². The van der Waals surface area contributed by atoms with Gasteiger partial charge in [0.1, 0.15) is 17.4 Å². The Morgan fingerprint density at radius 2 is 1.68 bits per heavy atom. The van der Waals surface area contributed by atoms with Crippen LogP contribution in [0.5, 0.6) is 0 Å². The van der Waals surface area contributed by atoms with E-state index in [1.54, 1.807) is 11.4 Å². The van der Waals surface area contributed by atoms with E-state index in [2.05, 4.69) is 5.32 Å². The maximum atomic E-state index is 15.4. The molecule has 2 atom stereocenters. The van der Waals surface area contributed by atoms with E-state index >= 15 is 4.39 Å². The van der Waals surface area contributed by atoms with Crippen molar-refractivity contribution < 1.29 is 49.1 Å². The summed E-state index contributed by atoms with van der Waals surface area (Å²) in [6.07, 6.45) is -12.3. The average molecular weight is 593 g/mol. The number of allylic oxidation sites excluding steroid dienone is 2. The predicted molar refractivity (Wildman–Crippen MR) is 130 cm³/mol. The Morgan fingerprint density at radius 1 is 1.05 bits per heavy atom. The standard InChI is InChI=1S/C26H23F7N2O4S/c1-40(38,39)17-7-8-19-16(13-17)10-12-34-21(19)22(36)35-23(24(37,25(28,29)30)26(31,32)33)11-9-18(20(27)14-23)15-5-3-2-4-6-15/h2-9,11,13,21,34,37H,10,12,14H2,1H3,(H,35,36). The predicted octanol–water partition coefficient (Wildman–Crippen LogP) is 4.33. The number of fused-ring (bicyclic) bond motifs is 1. The number of hydrogen-bond acceptors (Lipinski definition) is 5. The average Bonchev–Trinajstić information content (AvgIpc) is 2.86. The highest BCUT2D eigenvalue weighted by Gasteiger charge is 2.79. The minimum atomic E-state index is -6.39. The summed E-state index contributed by atoms with van der Waals surface area (Å²) in [6.45, 7) is 0.0242. The van der Waals surface area contributed by atoms with E-state index in [4.69, 9.17) is 0 Å². The molecule has 0 aromatic heterocycles. The van der Waals surface area contributed by atoms with Gasteiger partial charge in [-0.05, 0) is 35.2 Å². The van der Waals surface area contributed by atoms with Gasteiger partial charge in [-0.15, -0.1) is 0 Å². The monoisotopic (exact) mass is 592 g/mol. The molecular weight excluding hydrogens is 569 g/mol. The van der Waals surface area contributed by atoms with Crippen LogP contribution in [0.2, 0.25) is 0 Å². The first-order valence-electron chi connectivity index (χ1n) is 11.8. The van der Waals surface area contributed by atoms with Crippen LogP contribution in [0.1, 0.15) is 29.2 Å². The van der Waals surface area contributed by atoms with Gasteiger partial charge in [0.25, 0.3) is 5.60 Å². The molecule has 0 bridgehead atoms. The first-order valence-corrected chi connectivity index (χ1v) is 13.7. The van der Waals surface area contributed by atoms with Crippen LogP contribution in [0.15, 0.2) is 71.4 Å². The summed E-state index contributed by atoms with van der Waals surface area (Å²) in [4.78, 5) is 13.3. The summed E-state index contributed by atoms with van der Waals surface area (Å²) < 4.78 is 124. The molecule has 0 spiro atoms. The smallest absolute Gasteiger partial charge is 0.372 e. The molecule has 1 amide bonds. The Labute approximate surface area is 224 Å². The molecule has 0 fully saturated rings. The fourth-order valence-corrected chi connectivity index (χ4v) is 5.65. The van der Waals surface area contributed by atoms with Crippen molar-refractivity contribution in [3.63, 3.8) is 0 Å². The lowest BCUT2D eigenvalue weighted by Crippen LogP contribution is -2.76. The van der Waals surface area contributed by atoms with Gasteiger partial charge in [-0.25, -0.2) is 12.8 Å². The second kappa shape index (κ2) is 10.00. The molecule has 0 saturated heterocycles. The molecule has 1 aliphatic heterocycles. The second-order valence-corrected chi connectivity index (χ2v) is 11.6. The van der Waals surface area contributed by atoms with Crippen LogP contribution in [0, 0.1) is 0 Å². The second-order valence-electron chi connectivity index (χ2n) is 9.63. The van der Waals surface area contributed by atoms with Gasteiger partial charge in [0.05, 0.1) is 4.90 Å². The van der Waals surface area contributed by atoms with E-state index < -0.39 is 57.5 Å². The number of alkyl halides is 6. The molecule has 2 aromatic carbocycles. The van der Waals surface area contributed by atoms with Crippen molar-refractivity contribution in [1.29, 1.82) is 0 Å². The third-order valence-corrected chi connectivity index (χ3v) is 8.13. The van der Waals surface area contributed by atoms with Gasteiger partial charge in [-0.3, -0.25) is 4.79 Å². The van der Waals surface area contributed by atoms with Crippen LogP contribution >= 0.6 is 0 Å². The molecular formula is C26H23F7N2O4S. The van der Waals surface area contributed by atoms with Crippen LogP contribution in [-0.2, 0) is 21.1 Å². The van der Waals surface area contributed by atoms with Crippen LogP contribution in [0.4, 0.5) is 30.7 Å². The molecule has 2 unspecified atom stereocenters. The number of hydrogen-bond donors (Lipinski definition) is 3. The maximum Gasteiger partial charge on any atom is 0.429 e. The van der Waals surface area contributed by atoms with E-state index in [0.29, 0.717) is 17.7 Å². The molecule has 2 aromatic rings. The van der Waals surface area contributed by atoms with Crippen molar-refractivity contribution in [1.82, 2.24) is 10.6 Å². The van der Waals surface area contributed by atoms with Gasteiger partial charge in [0, 0.05) is 24.8 Å². The Morgan fingerprint density at radius 3 is 2.23 bits per heavy atom. The molecule has 14 heteroatoms. The molecule has 0 radical (unpaired) electrons. The van der Waals surface area contributed by atoms with Gasteiger partial charge in [0.2, 0.25) is 5.91 Å². The maximum absolute atomic E-state index is 15.4. The Bertz CT molecular complexity index is 1470. The summed E-state index contributed by atoms with van der Waals surface area (Å²) in [6, 6.07) is 9.41. The zero-order valence-electron chi connectivity index (χ0n) is 20.7. The SMILES string of the molecule is CS(=O)(=O)c1ccc2c(c1)CCNC2C(=O)NC1(C(O)(C(F)(F)F)C(F)(F)F)C=CC(c2ccccc2)=C(F)C1. The number of halogens is 7. The number of amides is 1. The van der Waals surface area contributed by atoms with Crippen molar-refractivity contribution in [3.8, 4) is 0 Å². The number of sulfone groups is 1. The van der Waals surface area contributed by atoms with E-state index in [9.17, 15) is 44.7 Å². The first kappa shape index (κ1) is 29.7. The normalized spacial score (nSPS) is 22.2. The van der Waals surface area contributed by atoms with Gasteiger partial charge >= 0.3 is 12.4 Å². The van der Waals surface area contributed by atoms with E-state index in [1.807, 2.05) is 0 Å². The molecule has 3 N–H and O–H groups in total. The molecule has 40 heavy (non-hydrogen) atoms. The van der Waals surface area contributed by atoms with E-state index in [-0.39, 0.29) is 34.6 Å². The van der Waals surface area contributed by atoms with Crippen LogP contribution in [0.3, 0.4) is 0 Å². The fourth-order valence-electron chi connectivity index (χ4n) is 4.97. The summed E-state index contributed by atoms with van der Waals surface area (Å²) in [5, 5.41) is 14.8. The summed E-state index contributed by atoms with van der Waals surface area (Å²) in [7, 11) is -3.65. The highest BCUT2D eigenvalue weighted by molar-refractivity contribution is 7.90. The van der Waals surface area contributed by atoms with Crippen molar-refractivity contribution in [2.45, 2.75) is 47.3 Å². The van der Waals surface area contributed by atoms with Gasteiger partial charge in [-0.1, -0.05) is 48.6 Å². The van der Waals surface area contributed by atoms with E-state index in [1.165, 1.54) is 36.4 Å². The fraction of sp³-hybridized carbons (Fsp3) is 0.346. The van der Waals surface area contributed by atoms with Crippen molar-refractivity contribution in [2.24, 2.45) is 0 Å². The Balaban J connectivity index is 1.81. The molecule has 1 aliphatic carbocycles.